The van der Waals surface area contributed by atoms with Crippen LogP contribution >= 0.6 is 11.6 Å². The van der Waals surface area contributed by atoms with Crippen molar-refractivity contribution in [3.63, 3.8) is 0 Å². The molecule has 24 heavy (non-hydrogen) atoms. The fourth-order valence-electron chi connectivity index (χ4n) is 3.06. The highest BCUT2D eigenvalue weighted by Gasteiger charge is 2.36. The Morgan fingerprint density at radius 2 is 1.75 bits per heavy atom. The smallest absolute Gasteiger partial charge is 0.334 e. The van der Waals surface area contributed by atoms with Gasteiger partial charge in [0, 0.05) is 24.4 Å². The molecule has 1 N–H and O–H groups in total. The number of hydrogen-bond donors (Lipinski definition) is 1. The largest absolute Gasteiger partial charge is 0.478 e. The minimum absolute atomic E-state index is 0.112. The molecule has 2 aromatic rings. The van der Waals surface area contributed by atoms with E-state index in [4.69, 9.17) is 11.6 Å². The van der Waals surface area contributed by atoms with E-state index in [2.05, 4.69) is 0 Å². The van der Waals surface area contributed by atoms with Crippen LogP contribution in [0.2, 0.25) is 5.02 Å². The number of rotatable bonds is 3. The molecule has 3 rings (SSSR count). The average Bonchev–Trinajstić information content (AvgIpc) is 2.58. The van der Waals surface area contributed by atoms with Gasteiger partial charge in [-0.15, -0.1) is 0 Å². The average molecular weight is 342 g/mol. The fourth-order valence-corrected chi connectivity index (χ4v) is 3.19. The monoisotopic (exact) mass is 341 g/mol. The molecule has 0 aromatic heterocycles. The Morgan fingerprint density at radius 3 is 2.33 bits per heavy atom. The maximum Gasteiger partial charge on any atom is 0.334 e. The number of carbonyl (C=O) groups excluding carboxylic acids is 1. The molecule has 4 nitrogen and oxygen atoms in total. The number of aliphatic carboxylic acids is 1. The normalized spacial score (nSPS) is 18.0. The lowest BCUT2D eigenvalue weighted by molar-refractivity contribution is -0.133. The van der Waals surface area contributed by atoms with Gasteiger partial charge in [0.1, 0.15) is 0 Å². The quantitative estimate of drug-likeness (QED) is 0.924. The molecule has 0 bridgehead atoms. The Bertz CT molecular complexity index is 812. The van der Waals surface area contributed by atoms with Gasteiger partial charge in [-0.1, -0.05) is 54.1 Å². The lowest BCUT2D eigenvalue weighted by Crippen LogP contribution is -2.35. The molecule has 0 aliphatic carbocycles. The number of carboxylic acid groups (broad SMARTS) is 1. The van der Waals surface area contributed by atoms with Gasteiger partial charge in [0.25, 0.3) is 0 Å². The van der Waals surface area contributed by atoms with Crippen LogP contribution < -0.4 is 0 Å². The van der Waals surface area contributed by atoms with Crippen LogP contribution in [-0.4, -0.2) is 28.9 Å². The van der Waals surface area contributed by atoms with Gasteiger partial charge in [-0.2, -0.15) is 0 Å². The molecule has 5 heteroatoms. The van der Waals surface area contributed by atoms with E-state index in [-0.39, 0.29) is 17.9 Å². The molecule has 1 aliphatic rings. The summed E-state index contributed by atoms with van der Waals surface area (Å²) in [5.74, 6) is -1.63. The molecule has 0 spiro atoms. The summed E-state index contributed by atoms with van der Waals surface area (Å²) in [6, 6.07) is 16.1. The Balaban J connectivity index is 2.22. The number of halogens is 1. The minimum atomic E-state index is -1.02. The van der Waals surface area contributed by atoms with Crippen LogP contribution in [0.5, 0.6) is 0 Å². The second-order valence-electron chi connectivity index (χ2n) is 5.69. The zero-order chi connectivity index (χ0) is 17.3. The number of benzene rings is 2. The van der Waals surface area contributed by atoms with Crippen molar-refractivity contribution in [2.24, 2.45) is 0 Å². The summed E-state index contributed by atoms with van der Waals surface area (Å²) >= 11 is 5.92. The SMILES string of the molecule is CN1C(=O)CC(c2ccc(Cl)cc2)C(C(=O)O)=C1c1ccccc1. The van der Waals surface area contributed by atoms with E-state index in [0.29, 0.717) is 16.3 Å². The van der Waals surface area contributed by atoms with E-state index in [1.54, 1.807) is 31.3 Å². The number of nitrogens with zero attached hydrogens (tertiary/aromatic N) is 1. The number of carbonyl (C=O) groups is 2. The standard InChI is InChI=1S/C19H16ClNO3/c1-21-16(22)11-15(12-7-9-14(20)10-8-12)17(19(23)24)18(21)13-5-3-2-4-6-13/h2-10,15H,11H2,1H3,(H,23,24). The van der Waals surface area contributed by atoms with Crippen LogP contribution in [0.4, 0.5) is 0 Å². The van der Waals surface area contributed by atoms with Crippen LogP contribution in [0, 0.1) is 0 Å². The first-order valence-corrected chi connectivity index (χ1v) is 7.91. The summed E-state index contributed by atoms with van der Waals surface area (Å²) in [5.41, 5.74) is 2.15. The maximum atomic E-state index is 12.5. The van der Waals surface area contributed by atoms with E-state index in [1.165, 1.54) is 4.90 Å². The van der Waals surface area contributed by atoms with Crippen molar-refractivity contribution in [2.75, 3.05) is 7.05 Å². The molecule has 0 fully saturated rings. The zero-order valence-corrected chi connectivity index (χ0v) is 13.8. The molecule has 2 aromatic carbocycles. The van der Waals surface area contributed by atoms with Crippen molar-refractivity contribution >= 4 is 29.2 Å². The van der Waals surface area contributed by atoms with E-state index >= 15 is 0 Å². The highest BCUT2D eigenvalue weighted by atomic mass is 35.5. The third kappa shape index (κ3) is 2.93. The van der Waals surface area contributed by atoms with Crippen molar-refractivity contribution in [3.8, 4) is 0 Å². The summed E-state index contributed by atoms with van der Waals surface area (Å²) in [6.45, 7) is 0. The van der Waals surface area contributed by atoms with Crippen molar-refractivity contribution in [1.29, 1.82) is 0 Å². The number of carboxylic acids is 1. The molecule has 0 saturated heterocycles. The van der Waals surface area contributed by atoms with Crippen molar-refractivity contribution < 1.29 is 14.7 Å². The van der Waals surface area contributed by atoms with E-state index in [9.17, 15) is 14.7 Å². The first-order chi connectivity index (χ1) is 11.5. The van der Waals surface area contributed by atoms with E-state index in [1.807, 2.05) is 30.3 Å². The molecule has 1 heterocycles. The van der Waals surface area contributed by atoms with Crippen molar-refractivity contribution in [3.05, 3.63) is 76.3 Å². The number of hydrogen-bond acceptors (Lipinski definition) is 2. The van der Waals surface area contributed by atoms with Crippen LogP contribution in [0.1, 0.15) is 23.5 Å². The zero-order valence-electron chi connectivity index (χ0n) is 13.1. The number of amides is 1. The Kier molecular flexibility index (Phi) is 4.40. The van der Waals surface area contributed by atoms with Crippen molar-refractivity contribution in [2.45, 2.75) is 12.3 Å². The molecule has 122 valence electrons. The highest BCUT2D eigenvalue weighted by Crippen LogP contribution is 2.40. The molecule has 1 amide bonds. The molecular formula is C19H16ClNO3. The van der Waals surface area contributed by atoms with Gasteiger partial charge < -0.3 is 10.0 Å². The molecule has 0 saturated carbocycles. The summed E-state index contributed by atoms with van der Waals surface area (Å²) in [4.78, 5) is 25.9. The Labute approximate surface area is 145 Å². The maximum absolute atomic E-state index is 12.5. The van der Waals surface area contributed by atoms with Gasteiger partial charge in [-0.05, 0) is 23.3 Å². The third-order valence-corrected chi connectivity index (χ3v) is 4.49. The van der Waals surface area contributed by atoms with Gasteiger partial charge in [0.15, 0.2) is 0 Å². The van der Waals surface area contributed by atoms with Gasteiger partial charge in [-0.25, -0.2) is 4.79 Å². The minimum Gasteiger partial charge on any atom is -0.478 e. The predicted octanol–water partition coefficient (Wildman–Crippen LogP) is 3.78. The second kappa shape index (κ2) is 6.49. The second-order valence-corrected chi connectivity index (χ2v) is 6.13. The first-order valence-electron chi connectivity index (χ1n) is 7.54. The lowest BCUT2D eigenvalue weighted by atomic mass is 9.82. The summed E-state index contributed by atoms with van der Waals surface area (Å²) < 4.78 is 0. The van der Waals surface area contributed by atoms with Gasteiger partial charge in [0.2, 0.25) is 5.91 Å². The topological polar surface area (TPSA) is 57.6 Å². The summed E-state index contributed by atoms with van der Waals surface area (Å²) in [5, 5.41) is 10.4. The molecule has 0 radical (unpaired) electrons. The fraction of sp³-hybridized carbons (Fsp3) is 0.158. The van der Waals surface area contributed by atoms with Crippen LogP contribution in [0.25, 0.3) is 5.70 Å². The van der Waals surface area contributed by atoms with Gasteiger partial charge in [0.05, 0.1) is 11.3 Å². The van der Waals surface area contributed by atoms with E-state index < -0.39 is 11.9 Å². The first kappa shape index (κ1) is 16.3. The van der Waals surface area contributed by atoms with Gasteiger partial charge in [-0.3, -0.25) is 4.79 Å². The summed E-state index contributed by atoms with van der Waals surface area (Å²) in [7, 11) is 1.62. The van der Waals surface area contributed by atoms with Crippen LogP contribution in [0.15, 0.2) is 60.2 Å². The molecule has 1 atom stereocenters. The lowest BCUT2D eigenvalue weighted by Gasteiger charge is -2.33. The Hall–Kier alpha value is -2.59. The molecular weight excluding hydrogens is 326 g/mol. The predicted molar refractivity (Wildman–Crippen MR) is 92.6 cm³/mol. The van der Waals surface area contributed by atoms with Crippen LogP contribution in [0.3, 0.4) is 0 Å². The van der Waals surface area contributed by atoms with Crippen molar-refractivity contribution in [1.82, 2.24) is 4.90 Å². The third-order valence-electron chi connectivity index (χ3n) is 4.24. The molecule has 1 unspecified atom stereocenters. The van der Waals surface area contributed by atoms with Crippen LogP contribution in [-0.2, 0) is 9.59 Å². The highest BCUT2D eigenvalue weighted by molar-refractivity contribution is 6.30. The Morgan fingerprint density at radius 1 is 1.12 bits per heavy atom. The molecule has 1 aliphatic heterocycles. The van der Waals surface area contributed by atoms with E-state index in [0.717, 1.165) is 5.56 Å². The summed E-state index contributed by atoms with van der Waals surface area (Å²) in [6.07, 6.45) is 0.121. The van der Waals surface area contributed by atoms with Gasteiger partial charge >= 0.3 is 5.97 Å².